The first-order valence-corrected chi connectivity index (χ1v) is 9.06. The number of esters is 1. The summed E-state index contributed by atoms with van der Waals surface area (Å²) in [6.07, 6.45) is 0.860. The molecule has 0 unspecified atom stereocenters. The zero-order valence-corrected chi connectivity index (χ0v) is 15.0. The van der Waals surface area contributed by atoms with Crippen molar-refractivity contribution in [2.24, 2.45) is 11.8 Å². The number of aryl methyl sites for hydroxylation is 1. The van der Waals surface area contributed by atoms with E-state index in [2.05, 4.69) is 28.9 Å². The van der Waals surface area contributed by atoms with Crippen LogP contribution in [0.2, 0.25) is 0 Å². The maximum Gasteiger partial charge on any atom is 0.309 e. The summed E-state index contributed by atoms with van der Waals surface area (Å²) in [5, 5.41) is 5.09. The minimum Gasteiger partial charge on any atom is -0.455 e. The van der Waals surface area contributed by atoms with Crippen LogP contribution < -0.4 is 5.32 Å². The average Bonchev–Trinajstić information content (AvgIpc) is 3.30. The van der Waals surface area contributed by atoms with Crippen molar-refractivity contribution >= 4 is 39.4 Å². The predicted molar refractivity (Wildman–Crippen MR) is 102 cm³/mol. The van der Waals surface area contributed by atoms with Crippen LogP contribution in [0.5, 0.6) is 0 Å². The van der Waals surface area contributed by atoms with Crippen molar-refractivity contribution in [3.63, 3.8) is 0 Å². The molecule has 4 rings (SSSR count). The number of hydrogen-bond acceptors (Lipinski definition) is 3. The molecule has 0 radical (unpaired) electrons. The maximum atomic E-state index is 12.1. The standard InChI is InChI=1S/C21H22N2O3/c1-3-23-18-7-5-4-6-15(18)17-11-14(8-9-19(17)23)22-20(24)12-26-21(25)16-10-13(16)2/h4-9,11,13,16H,3,10,12H2,1-2H3,(H,22,24)/t13-,16+/m1/s1. The summed E-state index contributed by atoms with van der Waals surface area (Å²) in [7, 11) is 0. The number of ether oxygens (including phenoxy) is 1. The third-order valence-corrected chi connectivity index (χ3v) is 5.13. The van der Waals surface area contributed by atoms with E-state index in [1.54, 1.807) is 0 Å². The zero-order chi connectivity index (χ0) is 18.3. The van der Waals surface area contributed by atoms with Crippen molar-refractivity contribution in [3.8, 4) is 0 Å². The van der Waals surface area contributed by atoms with Gasteiger partial charge in [-0.1, -0.05) is 25.1 Å². The highest BCUT2D eigenvalue weighted by Crippen LogP contribution is 2.38. The second-order valence-corrected chi connectivity index (χ2v) is 6.97. The molecule has 1 amide bonds. The van der Waals surface area contributed by atoms with Crippen LogP contribution in [-0.2, 0) is 20.9 Å². The predicted octanol–water partition coefficient (Wildman–Crippen LogP) is 3.95. The van der Waals surface area contributed by atoms with Gasteiger partial charge in [0.05, 0.1) is 5.92 Å². The van der Waals surface area contributed by atoms with Gasteiger partial charge in [-0.2, -0.15) is 0 Å². The van der Waals surface area contributed by atoms with Crippen molar-refractivity contribution in [1.29, 1.82) is 0 Å². The van der Waals surface area contributed by atoms with Gasteiger partial charge in [0, 0.05) is 34.0 Å². The topological polar surface area (TPSA) is 60.3 Å². The first-order chi connectivity index (χ1) is 12.6. The molecular formula is C21H22N2O3. The van der Waals surface area contributed by atoms with Gasteiger partial charge < -0.3 is 14.6 Å². The molecule has 1 aromatic heterocycles. The molecule has 1 fully saturated rings. The van der Waals surface area contributed by atoms with Crippen LogP contribution in [0.15, 0.2) is 42.5 Å². The highest BCUT2D eigenvalue weighted by molar-refractivity contribution is 6.09. The molecule has 1 aliphatic rings. The van der Waals surface area contributed by atoms with E-state index in [0.717, 1.165) is 29.3 Å². The minimum atomic E-state index is -0.315. The van der Waals surface area contributed by atoms with Crippen LogP contribution in [-0.4, -0.2) is 23.1 Å². The summed E-state index contributed by atoms with van der Waals surface area (Å²) in [6.45, 7) is 4.77. The Morgan fingerprint density at radius 2 is 1.88 bits per heavy atom. The molecule has 134 valence electrons. The van der Waals surface area contributed by atoms with Gasteiger partial charge in [0.15, 0.2) is 6.61 Å². The zero-order valence-electron chi connectivity index (χ0n) is 15.0. The number of aromatic nitrogens is 1. The number of benzene rings is 2. The highest BCUT2D eigenvalue weighted by Gasteiger charge is 2.40. The first kappa shape index (κ1) is 16.6. The normalized spacial score (nSPS) is 18.8. The van der Waals surface area contributed by atoms with Gasteiger partial charge in [0.25, 0.3) is 5.91 Å². The van der Waals surface area contributed by atoms with Gasteiger partial charge in [-0.25, -0.2) is 0 Å². The van der Waals surface area contributed by atoms with Crippen LogP contribution in [0.3, 0.4) is 0 Å². The van der Waals surface area contributed by atoms with Gasteiger partial charge in [0.2, 0.25) is 0 Å². The summed E-state index contributed by atoms with van der Waals surface area (Å²) in [5.41, 5.74) is 3.03. The Bertz CT molecular complexity index is 1010. The average molecular weight is 350 g/mol. The Kier molecular flexibility index (Phi) is 4.15. The van der Waals surface area contributed by atoms with Gasteiger partial charge >= 0.3 is 5.97 Å². The Hall–Kier alpha value is -2.82. The largest absolute Gasteiger partial charge is 0.455 e. The number of hydrogen-bond donors (Lipinski definition) is 1. The van der Waals surface area contributed by atoms with Crippen molar-refractivity contribution < 1.29 is 14.3 Å². The summed E-state index contributed by atoms with van der Waals surface area (Å²) in [5.74, 6) is -0.234. The van der Waals surface area contributed by atoms with E-state index < -0.39 is 0 Å². The molecule has 1 N–H and O–H groups in total. The van der Waals surface area contributed by atoms with E-state index in [0.29, 0.717) is 11.6 Å². The second-order valence-electron chi connectivity index (χ2n) is 6.97. The third-order valence-electron chi connectivity index (χ3n) is 5.13. The molecule has 0 spiro atoms. The fourth-order valence-electron chi connectivity index (χ4n) is 3.56. The summed E-state index contributed by atoms with van der Waals surface area (Å²) in [6, 6.07) is 14.1. The molecule has 1 heterocycles. The molecule has 3 aromatic rings. The van der Waals surface area contributed by atoms with E-state index in [1.165, 1.54) is 5.52 Å². The smallest absolute Gasteiger partial charge is 0.309 e. The molecule has 2 atom stereocenters. The number of amides is 1. The lowest BCUT2D eigenvalue weighted by Gasteiger charge is -2.07. The number of anilines is 1. The summed E-state index contributed by atoms with van der Waals surface area (Å²) >= 11 is 0. The van der Waals surface area contributed by atoms with Crippen molar-refractivity contribution in [1.82, 2.24) is 4.57 Å². The lowest BCUT2D eigenvalue weighted by atomic mass is 10.1. The van der Waals surface area contributed by atoms with Gasteiger partial charge in [-0.05, 0) is 43.5 Å². The number of fused-ring (bicyclic) bond motifs is 3. The van der Waals surface area contributed by atoms with E-state index in [-0.39, 0.29) is 24.4 Å². The Balaban J connectivity index is 1.53. The minimum absolute atomic E-state index is 0.0284. The monoisotopic (exact) mass is 350 g/mol. The highest BCUT2D eigenvalue weighted by atomic mass is 16.5. The fourth-order valence-corrected chi connectivity index (χ4v) is 3.56. The van der Waals surface area contributed by atoms with Crippen LogP contribution in [0.1, 0.15) is 20.3 Å². The fraction of sp³-hybridized carbons (Fsp3) is 0.333. The van der Waals surface area contributed by atoms with Gasteiger partial charge in [0.1, 0.15) is 0 Å². The number of rotatable bonds is 5. The Morgan fingerprint density at radius 1 is 1.15 bits per heavy atom. The van der Waals surface area contributed by atoms with Crippen LogP contribution in [0.25, 0.3) is 21.8 Å². The summed E-state index contributed by atoms with van der Waals surface area (Å²) < 4.78 is 7.35. The third kappa shape index (κ3) is 2.94. The number of nitrogens with one attached hydrogen (secondary N) is 1. The van der Waals surface area contributed by atoms with E-state index >= 15 is 0 Å². The van der Waals surface area contributed by atoms with E-state index in [4.69, 9.17) is 4.74 Å². The Morgan fingerprint density at radius 3 is 2.62 bits per heavy atom. The molecule has 0 bridgehead atoms. The molecule has 1 aliphatic carbocycles. The molecular weight excluding hydrogens is 328 g/mol. The van der Waals surface area contributed by atoms with Crippen molar-refractivity contribution in [2.75, 3.05) is 11.9 Å². The molecule has 5 nitrogen and oxygen atoms in total. The first-order valence-electron chi connectivity index (χ1n) is 9.06. The van der Waals surface area contributed by atoms with Crippen LogP contribution in [0.4, 0.5) is 5.69 Å². The molecule has 0 saturated heterocycles. The second kappa shape index (κ2) is 6.48. The molecule has 1 saturated carbocycles. The molecule has 26 heavy (non-hydrogen) atoms. The van der Waals surface area contributed by atoms with E-state index in [9.17, 15) is 9.59 Å². The van der Waals surface area contributed by atoms with Crippen LogP contribution >= 0.6 is 0 Å². The molecule has 5 heteroatoms. The number of carbonyl (C=O) groups excluding carboxylic acids is 2. The van der Waals surface area contributed by atoms with Crippen molar-refractivity contribution in [3.05, 3.63) is 42.5 Å². The van der Waals surface area contributed by atoms with Crippen molar-refractivity contribution in [2.45, 2.75) is 26.8 Å². The lowest BCUT2D eigenvalue weighted by Crippen LogP contribution is -2.21. The van der Waals surface area contributed by atoms with E-state index in [1.807, 2.05) is 37.3 Å². The Labute approximate surface area is 151 Å². The van der Waals surface area contributed by atoms with Crippen LogP contribution in [0, 0.1) is 11.8 Å². The van der Waals surface area contributed by atoms with Gasteiger partial charge in [-0.3, -0.25) is 9.59 Å². The molecule has 0 aliphatic heterocycles. The maximum absolute atomic E-state index is 12.1. The number of nitrogens with zero attached hydrogens (tertiary/aromatic N) is 1. The quantitative estimate of drug-likeness (QED) is 0.709. The number of para-hydroxylation sites is 1. The summed E-state index contributed by atoms with van der Waals surface area (Å²) in [4.78, 5) is 23.8. The lowest BCUT2D eigenvalue weighted by molar-refractivity contribution is -0.148. The van der Waals surface area contributed by atoms with Gasteiger partial charge in [-0.15, -0.1) is 0 Å². The molecule has 2 aromatic carbocycles. The SMILES string of the molecule is CCn1c2ccccc2c2cc(NC(=O)COC(=O)[C@H]3C[C@H]3C)ccc21. The number of carbonyl (C=O) groups is 2.